The average Bonchev–Trinajstić information content (AvgIpc) is 3.12. The van der Waals surface area contributed by atoms with Gasteiger partial charge in [-0.3, -0.25) is 4.90 Å². The first-order chi connectivity index (χ1) is 8.35. The van der Waals surface area contributed by atoms with Gasteiger partial charge in [0, 0.05) is 12.5 Å². The molecule has 1 N–H and O–H groups in total. The molecule has 2 fully saturated rings. The summed E-state index contributed by atoms with van der Waals surface area (Å²) < 4.78 is 5.24. The zero-order valence-corrected chi connectivity index (χ0v) is 10.0. The second kappa shape index (κ2) is 4.74. The molecule has 0 aromatic carbocycles. The molecule has 0 bridgehead atoms. The molecule has 3 rings (SSSR count). The Balaban J connectivity index is 1.52. The van der Waals surface area contributed by atoms with Gasteiger partial charge in [-0.05, 0) is 44.7 Å². The topological polar surface area (TPSA) is 62.4 Å². The first kappa shape index (κ1) is 11.2. The van der Waals surface area contributed by atoms with Gasteiger partial charge in [-0.2, -0.15) is 4.98 Å². The fourth-order valence-electron chi connectivity index (χ4n) is 2.35. The number of piperidine rings is 1. The zero-order valence-electron chi connectivity index (χ0n) is 10.0. The molecule has 0 spiro atoms. The monoisotopic (exact) mass is 237 g/mol. The van der Waals surface area contributed by atoms with Crippen LogP contribution in [-0.4, -0.2) is 39.8 Å². The second-order valence-electron chi connectivity index (χ2n) is 5.23. The van der Waals surface area contributed by atoms with Crippen molar-refractivity contribution in [3.63, 3.8) is 0 Å². The molecule has 5 nitrogen and oxygen atoms in total. The minimum atomic E-state index is 0.321. The van der Waals surface area contributed by atoms with Crippen LogP contribution < -0.4 is 0 Å². The third kappa shape index (κ3) is 2.66. The van der Waals surface area contributed by atoms with Crippen LogP contribution in [0, 0.1) is 5.92 Å². The van der Waals surface area contributed by atoms with Crippen molar-refractivity contribution in [3.8, 4) is 0 Å². The number of likely N-dealkylation sites (tertiary alicyclic amines) is 1. The van der Waals surface area contributed by atoms with Gasteiger partial charge in [-0.15, -0.1) is 0 Å². The number of rotatable bonds is 4. The molecule has 0 amide bonds. The first-order valence-electron chi connectivity index (χ1n) is 6.51. The Morgan fingerprint density at radius 2 is 2.00 bits per heavy atom. The second-order valence-corrected chi connectivity index (χ2v) is 5.23. The molecule has 1 aromatic rings. The Hall–Kier alpha value is -0.940. The summed E-state index contributed by atoms with van der Waals surface area (Å²) >= 11 is 0. The highest BCUT2D eigenvalue weighted by molar-refractivity contribution is 5.01. The van der Waals surface area contributed by atoms with E-state index in [9.17, 15) is 0 Å². The summed E-state index contributed by atoms with van der Waals surface area (Å²) in [7, 11) is 0. The highest BCUT2D eigenvalue weighted by Gasteiger charge is 2.30. The molecule has 5 heteroatoms. The maximum absolute atomic E-state index is 9.08. The standard InChI is InChI=1S/C12H19N3O2/c16-8-9-3-5-15(6-4-9)7-11-13-12(17-14-11)10-1-2-10/h9-10,16H,1-8H2. The minimum Gasteiger partial charge on any atom is -0.396 e. The van der Waals surface area contributed by atoms with Crippen molar-refractivity contribution < 1.29 is 9.63 Å². The van der Waals surface area contributed by atoms with Crippen LogP contribution in [0.4, 0.5) is 0 Å². The van der Waals surface area contributed by atoms with Gasteiger partial charge in [-0.25, -0.2) is 0 Å². The molecule has 0 radical (unpaired) electrons. The third-order valence-corrected chi connectivity index (χ3v) is 3.74. The van der Waals surface area contributed by atoms with Gasteiger partial charge < -0.3 is 9.63 Å². The molecule has 2 aliphatic rings. The lowest BCUT2D eigenvalue weighted by molar-refractivity contribution is 0.125. The Bertz CT molecular complexity index is 368. The Labute approximate surface area is 101 Å². The van der Waals surface area contributed by atoms with Gasteiger partial charge in [-0.1, -0.05) is 5.16 Å². The highest BCUT2D eigenvalue weighted by Crippen LogP contribution is 2.38. The molecule has 1 aliphatic heterocycles. The molecule has 1 aromatic heterocycles. The minimum absolute atomic E-state index is 0.321. The number of aliphatic hydroxyl groups is 1. The molecule has 0 unspecified atom stereocenters. The van der Waals surface area contributed by atoms with E-state index in [0.717, 1.165) is 44.2 Å². The van der Waals surface area contributed by atoms with Crippen LogP contribution in [0.3, 0.4) is 0 Å². The number of aliphatic hydroxyl groups excluding tert-OH is 1. The quantitative estimate of drug-likeness (QED) is 0.851. The van der Waals surface area contributed by atoms with E-state index in [1.165, 1.54) is 12.8 Å². The summed E-state index contributed by atoms with van der Waals surface area (Å²) in [5.41, 5.74) is 0. The third-order valence-electron chi connectivity index (χ3n) is 3.74. The van der Waals surface area contributed by atoms with Crippen molar-refractivity contribution in [2.24, 2.45) is 5.92 Å². The molecular weight excluding hydrogens is 218 g/mol. The van der Waals surface area contributed by atoms with Crippen LogP contribution in [0.2, 0.25) is 0 Å². The average molecular weight is 237 g/mol. The largest absolute Gasteiger partial charge is 0.396 e. The Morgan fingerprint density at radius 3 is 2.65 bits per heavy atom. The predicted molar refractivity (Wildman–Crippen MR) is 61.4 cm³/mol. The normalized spacial score (nSPS) is 23.1. The van der Waals surface area contributed by atoms with E-state index in [-0.39, 0.29) is 0 Å². The Morgan fingerprint density at radius 1 is 1.24 bits per heavy atom. The summed E-state index contributed by atoms with van der Waals surface area (Å²) in [5, 5.41) is 13.1. The van der Waals surface area contributed by atoms with E-state index in [4.69, 9.17) is 9.63 Å². The van der Waals surface area contributed by atoms with Crippen molar-refractivity contribution in [1.29, 1.82) is 0 Å². The molecule has 17 heavy (non-hydrogen) atoms. The van der Waals surface area contributed by atoms with Crippen molar-refractivity contribution in [3.05, 3.63) is 11.7 Å². The molecule has 0 atom stereocenters. The van der Waals surface area contributed by atoms with Crippen LogP contribution in [0.25, 0.3) is 0 Å². The van der Waals surface area contributed by atoms with Gasteiger partial charge in [0.15, 0.2) is 5.82 Å². The fourth-order valence-corrected chi connectivity index (χ4v) is 2.35. The number of hydrogen-bond donors (Lipinski definition) is 1. The van der Waals surface area contributed by atoms with E-state index in [0.29, 0.717) is 18.4 Å². The number of aromatic nitrogens is 2. The summed E-state index contributed by atoms with van der Waals surface area (Å²) in [6, 6.07) is 0. The van der Waals surface area contributed by atoms with Gasteiger partial charge in [0.05, 0.1) is 6.54 Å². The molecule has 1 aliphatic carbocycles. The number of hydrogen-bond acceptors (Lipinski definition) is 5. The van der Waals surface area contributed by atoms with Gasteiger partial charge in [0.1, 0.15) is 0 Å². The molecular formula is C12H19N3O2. The van der Waals surface area contributed by atoms with Crippen LogP contribution in [0.1, 0.15) is 43.3 Å². The van der Waals surface area contributed by atoms with Gasteiger partial charge >= 0.3 is 0 Å². The molecule has 1 saturated carbocycles. The molecule has 94 valence electrons. The first-order valence-corrected chi connectivity index (χ1v) is 6.51. The maximum Gasteiger partial charge on any atom is 0.229 e. The SMILES string of the molecule is OCC1CCN(Cc2noc(C3CC3)n2)CC1. The van der Waals surface area contributed by atoms with Crippen molar-refractivity contribution in [2.45, 2.75) is 38.1 Å². The van der Waals surface area contributed by atoms with Crippen LogP contribution in [-0.2, 0) is 6.54 Å². The van der Waals surface area contributed by atoms with E-state index >= 15 is 0 Å². The maximum atomic E-state index is 9.08. The highest BCUT2D eigenvalue weighted by atomic mass is 16.5. The number of nitrogens with zero attached hydrogens (tertiary/aromatic N) is 3. The summed E-state index contributed by atoms with van der Waals surface area (Å²) in [4.78, 5) is 6.78. The summed E-state index contributed by atoms with van der Waals surface area (Å²) in [5.74, 6) is 2.66. The van der Waals surface area contributed by atoms with Gasteiger partial charge in [0.2, 0.25) is 5.89 Å². The predicted octanol–water partition coefficient (Wildman–Crippen LogP) is 1.15. The smallest absolute Gasteiger partial charge is 0.229 e. The van der Waals surface area contributed by atoms with Crippen LogP contribution >= 0.6 is 0 Å². The van der Waals surface area contributed by atoms with E-state index in [1.54, 1.807) is 0 Å². The van der Waals surface area contributed by atoms with Crippen molar-refractivity contribution in [2.75, 3.05) is 19.7 Å². The lowest BCUT2D eigenvalue weighted by Crippen LogP contribution is -2.34. The molecule has 1 saturated heterocycles. The van der Waals surface area contributed by atoms with Crippen molar-refractivity contribution in [1.82, 2.24) is 15.0 Å². The van der Waals surface area contributed by atoms with E-state index < -0.39 is 0 Å². The van der Waals surface area contributed by atoms with E-state index in [2.05, 4.69) is 15.0 Å². The van der Waals surface area contributed by atoms with Gasteiger partial charge in [0.25, 0.3) is 0 Å². The van der Waals surface area contributed by atoms with E-state index in [1.807, 2.05) is 0 Å². The lowest BCUT2D eigenvalue weighted by atomic mass is 9.98. The summed E-state index contributed by atoms with van der Waals surface area (Å²) in [6.45, 7) is 3.16. The van der Waals surface area contributed by atoms with Crippen molar-refractivity contribution >= 4 is 0 Å². The van der Waals surface area contributed by atoms with Crippen LogP contribution in [0.15, 0.2) is 4.52 Å². The fraction of sp³-hybridized carbons (Fsp3) is 0.833. The summed E-state index contributed by atoms with van der Waals surface area (Å²) in [6.07, 6.45) is 4.54. The van der Waals surface area contributed by atoms with Crippen LogP contribution in [0.5, 0.6) is 0 Å². The lowest BCUT2D eigenvalue weighted by Gasteiger charge is -2.29. The zero-order chi connectivity index (χ0) is 11.7. The molecule has 2 heterocycles. The Kier molecular flexibility index (Phi) is 3.11.